The van der Waals surface area contributed by atoms with E-state index < -0.39 is 0 Å². The van der Waals surface area contributed by atoms with Crippen LogP contribution < -0.4 is 16.4 Å². The molecule has 1 unspecified atom stereocenters. The lowest BCUT2D eigenvalue weighted by Crippen LogP contribution is -2.24. The molecule has 1 aliphatic rings. The first-order valence-corrected chi connectivity index (χ1v) is 10.7. The number of amides is 1. The largest absolute Gasteiger partial charge is 0.384 e. The molecule has 1 atom stereocenters. The van der Waals surface area contributed by atoms with Crippen LogP contribution in [-0.4, -0.2) is 22.4 Å². The van der Waals surface area contributed by atoms with Gasteiger partial charge in [0.05, 0.1) is 18.3 Å². The first-order chi connectivity index (χ1) is 15.7. The Balaban J connectivity index is 1.21. The summed E-state index contributed by atoms with van der Waals surface area (Å²) in [6.45, 7) is 1.37. The van der Waals surface area contributed by atoms with Crippen LogP contribution in [0.3, 0.4) is 0 Å². The first kappa shape index (κ1) is 19.9. The Labute approximate surface area is 186 Å². The number of rotatable bonds is 6. The molecule has 6 heteroatoms. The molecule has 2 heterocycles. The number of hydrogen-bond donors (Lipinski definition) is 4. The van der Waals surface area contributed by atoms with E-state index in [4.69, 9.17) is 5.73 Å². The van der Waals surface area contributed by atoms with Crippen molar-refractivity contribution < 1.29 is 4.79 Å². The number of hydrogen-bond acceptors (Lipinski definition) is 4. The molecule has 5 rings (SSSR count). The second-order valence-electron chi connectivity index (χ2n) is 8.10. The van der Waals surface area contributed by atoms with Crippen molar-refractivity contribution in [1.82, 2.24) is 15.3 Å². The monoisotopic (exact) mass is 423 g/mol. The molecular formula is C26H25N5O. The Morgan fingerprint density at radius 3 is 2.56 bits per heavy atom. The van der Waals surface area contributed by atoms with E-state index in [1.165, 1.54) is 11.1 Å². The van der Waals surface area contributed by atoms with Crippen LogP contribution in [0.2, 0.25) is 0 Å². The zero-order chi connectivity index (χ0) is 21.9. The molecular weight excluding hydrogens is 398 g/mol. The Kier molecular flexibility index (Phi) is 5.34. The lowest BCUT2D eigenvalue weighted by atomic mass is 9.91. The summed E-state index contributed by atoms with van der Waals surface area (Å²) in [5.74, 6) is 0.726. The van der Waals surface area contributed by atoms with Gasteiger partial charge in [0.1, 0.15) is 0 Å². The van der Waals surface area contributed by atoms with Gasteiger partial charge in [-0.15, -0.1) is 0 Å². The lowest BCUT2D eigenvalue weighted by Gasteiger charge is -2.12. The van der Waals surface area contributed by atoms with E-state index in [0.717, 1.165) is 34.6 Å². The highest BCUT2D eigenvalue weighted by atomic mass is 16.1. The standard InChI is InChI=1S/C26H25N5O/c27-26-30-16-24(31-26)20-9-6-17(7-10-20)14-29-25(32)13-18-8-11-23-21(12-18)22(15-28-23)19-4-2-1-3-5-19/h1-12,16,22,28H,13-15H2,(H,29,32)(H3,27,30,31). The van der Waals surface area contributed by atoms with E-state index in [9.17, 15) is 4.79 Å². The van der Waals surface area contributed by atoms with Crippen LogP contribution in [0.25, 0.3) is 11.3 Å². The summed E-state index contributed by atoms with van der Waals surface area (Å²) >= 11 is 0. The number of imidazole rings is 1. The molecule has 0 radical (unpaired) electrons. The highest BCUT2D eigenvalue weighted by molar-refractivity contribution is 5.79. The van der Waals surface area contributed by atoms with Crippen molar-refractivity contribution in [2.75, 3.05) is 17.6 Å². The molecule has 0 saturated heterocycles. The molecule has 0 saturated carbocycles. The number of nitrogens with one attached hydrogen (secondary N) is 3. The fourth-order valence-electron chi connectivity index (χ4n) is 4.21. The van der Waals surface area contributed by atoms with Gasteiger partial charge < -0.3 is 21.4 Å². The number of carbonyl (C=O) groups is 1. The molecule has 32 heavy (non-hydrogen) atoms. The van der Waals surface area contributed by atoms with E-state index in [0.29, 0.717) is 24.8 Å². The number of nitrogens with zero attached hydrogens (tertiary/aromatic N) is 1. The van der Waals surface area contributed by atoms with E-state index in [1.54, 1.807) is 6.20 Å². The number of aromatic amines is 1. The number of nitrogen functional groups attached to an aromatic ring is 1. The van der Waals surface area contributed by atoms with Gasteiger partial charge in [-0.3, -0.25) is 4.79 Å². The van der Waals surface area contributed by atoms with Crippen molar-refractivity contribution in [3.63, 3.8) is 0 Å². The van der Waals surface area contributed by atoms with Crippen molar-refractivity contribution in [2.24, 2.45) is 0 Å². The number of anilines is 2. The van der Waals surface area contributed by atoms with E-state index in [1.807, 2.05) is 36.4 Å². The Bertz CT molecular complexity index is 1230. The predicted molar refractivity (Wildman–Crippen MR) is 127 cm³/mol. The molecule has 0 spiro atoms. The first-order valence-electron chi connectivity index (χ1n) is 10.7. The zero-order valence-corrected chi connectivity index (χ0v) is 17.6. The number of nitrogens with two attached hydrogens (primary N) is 1. The third-order valence-corrected chi connectivity index (χ3v) is 5.90. The van der Waals surface area contributed by atoms with Gasteiger partial charge in [0.15, 0.2) is 5.95 Å². The predicted octanol–water partition coefficient (Wildman–Crippen LogP) is 4.08. The average molecular weight is 424 g/mol. The highest BCUT2D eigenvalue weighted by Crippen LogP contribution is 2.36. The number of aromatic nitrogens is 2. The quantitative estimate of drug-likeness (QED) is 0.376. The smallest absolute Gasteiger partial charge is 0.224 e. The average Bonchev–Trinajstić information content (AvgIpc) is 3.45. The highest BCUT2D eigenvalue weighted by Gasteiger charge is 2.24. The molecule has 0 aliphatic carbocycles. The number of H-pyrrole nitrogens is 1. The minimum Gasteiger partial charge on any atom is -0.384 e. The maximum absolute atomic E-state index is 12.6. The van der Waals surface area contributed by atoms with Crippen LogP contribution in [0, 0.1) is 0 Å². The van der Waals surface area contributed by atoms with Gasteiger partial charge in [0.25, 0.3) is 0 Å². The van der Waals surface area contributed by atoms with E-state index in [-0.39, 0.29) is 5.91 Å². The number of carbonyl (C=O) groups excluding carboxylic acids is 1. The van der Waals surface area contributed by atoms with Gasteiger partial charge in [-0.05, 0) is 33.9 Å². The van der Waals surface area contributed by atoms with Gasteiger partial charge in [0.2, 0.25) is 5.91 Å². The Morgan fingerprint density at radius 2 is 1.81 bits per heavy atom. The maximum atomic E-state index is 12.6. The van der Waals surface area contributed by atoms with Crippen LogP contribution in [-0.2, 0) is 17.8 Å². The molecule has 1 aliphatic heterocycles. The molecule has 4 aromatic rings. The summed E-state index contributed by atoms with van der Waals surface area (Å²) in [7, 11) is 0. The van der Waals surface area contributed by atoms with Gasteiger partial charge in [-0.2, -0.15) is 0 Å². The summed E-state index contributed by atoms with van der Waals surface area (Å²) in [6, 6.07) is 24.8. The zero-order valence-electron chi connectivity index (χ0n) is 17.6. The van der Waals surface area contributed by atoms with Crippen molar-refractivity contribution >= 4 is 17.5 Å². The second kappa shape index (κ2) is 8.59. The minimum absolute atomic E-state index is 0.0117. The molecule has 1 aromatic heterocycles. The van der Waals surface area contributed by atoms with Crippen LogP contribution >= 0.6 is 0 Å². The summed E-state index contributed by atoms with van der Waals surface area (Å²) in [4.78, 5) is 19.6. The van der Waals surface area contributed by atoms with Gasteiger partial charge >= 0.3 is 0 Å². The van der Waals surface area contributed by atoms with E-state index in [2.05, 4.69) is 57.0 Å². The normalized spacial score (nSPS) is 14.6. The minimum atomic E-state index is 0.0117. The van der Waals surface area contributed by atoms with Crippen LogP contribution in [0.5, 0.6) is 0 Å². The van der Waals surface area contributed by atoms with Crippen molar-refractivity contribution in [2.45, 2.75) is 18.9 Å². The van der Waals surface area contributed by atoms with Crippen molar-refractivity contribution in [3.8, 4) is 11.3 Å². The summed E-state index contributed by atoms with van der Waals surface area (Å²) in [5.41, 5.74) is 13.3. The third-order valence-electron chi connectivity index (χ3n) is 5.90. The van der Waals surface area contributed by atoms with Crippen LogP contribution in [0.4, 0.5) is 11.6 Å². The molecule has 5 N–H and O–H groups in total. The molecule has 6 nitrogen and oxygen atoms in total. The fraction of sp³-hybridized carbons (Fsp3) is 0.154. The Hall–Kier alpha value is -4.06. The summed E-state index contributed by atoms with van der Waals surface area (Å²) < 4.78 is 0. The van der Waals surface area contributed by atoms with Crippen LogP contribution in [0.1, 0.15) is 28.2 Å². The topological polar surface area (TPSA) is 95.8 Å². The van der Waals surface area contributed by atoms with Crippen molar-refractivity contribution in [3.05, 3.63) is 101 Å². The maximum Gasteiger partial charge on any atom is 0.224 e. The lowest BCUT2D eigenvalue weighted by molar-refractivity contribution is -0.120. The third kappa shape index (κ3) is 4.21. The Morgan fingerprint density at radius 1 is 1.03 bits per heavy atom. The molecule has 160 valence electrons. The molecule has 3 aromatic carbocycles. The van der Waals surface area contributed by atoms with E-state index >= 15 is 0 Å². The summed E-state index contributed by atoms with van der Waals surface area (Å²) in [6.07, 6.45) is 2.07. The second-order valence-corrected chi connectivity index (χ2v) is 8.10. The number of benzene rings is 3. The molecule has 0 fully saturated rings. The fourth-order valence-corrected chi connectivity index (χ4v) is 4.21. The molecule has 0 bridgehead atoms. The summed E-state index contributed by atoms with van der Waals surface area (Å²) in [5, 5.41) is 6.51. The SMILES string of the molecule is Nc1ncc(-c2ccc(CNC(=O)Cc3ccc4c(c3)C(c3ccccc3)CN4)cc2)[nH]1. The van der Waals surface area contributed by atoms with Crippen LogP contribution in [0.15, 0.2) is 79.0 Å². The van der Waals surface area contributed by atoms with Gasteiger partial charge in [-0.25, -0.2) is 4.98 Å². The molecule has 1 amide bonds. The van der Waals surface area contributed by atoms with Gasteiger partial charge in [-0.1, -0.05) is 66.7 Å². The number of fused-ring (bicyclic) bond motifs is 1. The van der Waals surface area contributed by atoms with Crippen molar-refractivity contribution in [1.29, 1.82) is 0 Å². The van der Waals surface area contributed by atoms with Gasteiger partial charge in [0, 0.05) is 24.7 Å².